The van der Waals surface area contributed by atoms with E-state index in [1.165, 1.54) is 0 Å². The van der Waals surface area contributed by atoms with Crippen LogP contribution in [0.2, 0.25) is 0 Å². The number of aromatic nitrogens is 3. The second-order valence-electron chi connectivity index (χ2n) is 9.27. The molecular weight excluding hydrogens is 446 g/mol. The molecule has 0 radical (unpaired) electrons. The highest BCUT2D eigenvalue weighted by atomic mass is 16.6. The monoisotopic (exact) mass is 473 g/mol. The van der Waals surface area contributed by atoms with Crippen LogP contribution < -0.4 is 15.0 Å². The van der Waals surface area contributed by atoms with Crippen molar-refractivity contribution in [1.29, 1.82) is 0 Å². The van der Waals surface area contributed by atoms with Gasteiger partial charge in [-0.15, -0.1) is 0 Å². The van der Waals surface area contributed by atoms with Crippen molar-refractivity contribution in [1.82, 2.24) is 20.3 Å². The first-order chi connectivity index (χ1) is 17.0. The predicted molar refractivity (Wildman–Crippen MR) is 132 cm³/mol. The molecule has 1 saturated carbocycles. The van der Waals surface area contributed by atoms with Crippen molar-refractivity contribution < 1.29 is 18.7 Å². The number of methoxy groups -OCH3 is 1. The van der Waals surface area contributed by atoms with E-state index in [0.29, 0.717) is 22.9 Å². The molecule has 1 amide bonds. The molecule has 2 aromatic carbocycles. The summed E-state index contributed by atoms with van der Waals surface area (Å²) in [4.78, 5) is 28.3. The summed E-state index contributed by atoms with van der Waals surface area (Å²) < 4.78 is 16.8. The van der Waals surface area contributed by atoms with Crippen LogP contribution in [0.5, 0.6) is 5.75 Å². The Bertz CT molecular complexity index is 1440. The summed E-state index contributed by atoms with van der Waals surface area (Å²) in [5.74, 6) is 1.32. The van der Waals surface area contributed by atoms with Crippen LogP contribution in [0.25, 0.3) is 33.4 Å². The number of fused-ring (bicyclic) bond motifs is 2. The van der Waals surface area contributed by atoms with E-state index in [9.17, 15) is 4.79 Å². The van der Waals surface area contributed by atoms with Gasteiger partial charge in [0.25, 0.3) is 0 Å². The summed E-state index contributed by atoms with van der Waals surface area (Å²) >= 11 is 0. The molecule has 2 fully saturated rings. The Hall–Kier alpha value is -3.88. The van der Waals surface area contributed by atoms with E-state index in [1.54, 1.807) is 13.3 Å². The topological polar surface area (TPSA) is 103 Å². The first-order valence-electron chi connectivity index (χ1n) is 11.9. The Balaban J connectivity index is 1.25. The molecule has 3 heterocycles. The number of carbonyl (C=O) groups excluding carboxylic acids is 1. The van der Waals surface area contributed by atoms with E-state index >= 15 is 0 Å². The number of hydrogen-bond donors (Lipinski definition) is 1. The molecule has 1 N–H and O–H groups in total. The minimum atomic E-state index is -0.305. The lowest BCUT2D eigenvalue weighted by atomic mass is 10.1. The van der Waals surface area contributed by atoms with E-state index in [1.807, 2.05) is 32.0 Å². The fourth-order valence-electron chi connectivity index (χ4n) is 4.74. The molecule has 180 valence electrons. The zero-order chi connectivity index (χ0) is 24.1. The molecular formula is C26H27N5O4. The van der Waals surface area contributed by atoms with Crippen LogP contribution in [0.15, 0.2) is 34.9 Å². The molecule has 1 unspecified atom stereocenters. The van der Waals surface area contributed by atoms with Crippen molar-refractivity contribution in [3.05, 3.63) is 41.9 Å². The number of alkyl carbamates (subject to hydrolysis) is 1. The summed E-state index contributed by atoms with van der Waals surface area (Å²) in [6.45, 7) is 5.40. The summed E-state index contributed by atoms with van der Waals surface area (Å²) in [5, 5.41) is 2.99. The van der Waals surface area contributed by atoms with Crippen LogP contribution in [0.1, 0.15) is 30.7 Å². The lowest BCUT2D eigenvalue weighted by Crippen LogP contribution is -2.37. The molecule has 35 heavy (non-hydrogen) atoms. The van der Waals surface area contributed by atoms with Gasteiger partial charge >= 0.3 is 6.09 Å². The largest absolute Gasteiger partial charge is 0.496 e. The molecule has 1 saturated heterocycles. The average Bonchev–Trinajstić information content (AvgIpc) is 3.39. The Morgan fingerprint density at radius 2 is 2.00 bits per heavy atom. The van der Waals surface area contributed by atoms with Crippen molar-refractivity contribution in [3.8, 4) is 17.0 Å². The fraction of sp³-hybridized carbons (Fsp3) is 0.385. The lowest BCUT2D eigenvalue weighted by molar-refractivity contribution is 0.136. The van der Waals surface area contributed by atoms with Crippen molar-refractivity contribution in [2.45, 2.75) is 45.3 Å². The minimum Gasteiger partial charge on any atom is -0.496 e. The third kappa shape index (κ3) is 4.11. The van der Waals surface area contributed by atoms with Gasteiger partial charge in [-0.2, -0.15) is 0 Å². The van der Waals surface area contributed by atoms with Gasteiger partial charge in [0.2, 0.25) is 0 Å². The number of oxazole rings is 1. The molecule has 0 bridgehead atoms. The number of hydrogen-bond acceptors (Lipinski definition) is 8. The van der Waals surface area contributed by atoms with Crippen LogP contribution in [0, 0.1) is 13.8 Å². The van der Waals surface area contributed by atoms with Gasteiger partial charge in [0.1, 0.15) is 17.4 Å². The maximum absolute atomic E-state index is 12.0. The Morgan fingerprint density at radius 3 is 2.80 bits per heavy atom. The van der Waals surface area contributed by atoms with E-state index in [0.717, 1.165) is 65.7 Å². The molecule has 2 aromatic heterocycles. The smallest absolute Gasteiger partial charge is 0.407 e. The van der Waals surface area contributed by atoms with E-state index in [-0.39, 0.29) is 18.2 Å². The third-order valence-electron chi connectivity index (χ3n) is 6.66. The van der Waals surface area contributed by atoms with Gasteiger partial charge in [0, 0.05) is 36.8 Å². The molecule has 1 atom stereocenters. The number of rotatable bonds is 5. The molecule has 0 spiro atoms. The number of nitrogens with one attached hydrogen (secondary N) is 1. The number of ether oxygens (including phenoxy) is 2. The van der Waals surface area contributed by atoms with Gasteiger partial charge < -0.3 is 24.1 Å². The fourth-order valence-corrected chi connectivity index (χ4v) is 4.74. The Morgan fingerprint density at radius 1 is 1.14 bits per heavy atom. The number of nitrogens with zero attached hydrogens (tertiary/aromatic N) is 4. The highest BCUT2D eigenvalue weighted by molar-refractivity contribution is 5.89. The molecule has 9 nitrogen and oxygen atoms in total. The van der Waals surface area contributed by atoms with Crippen LogP contribution in [-0.2, 0) is 4.74 Å². The zero-order valence-corrected chi connectivity index (χ0v) is 20.0. The summed E-state index contributed by atoms with van der Waals surface area (Å²) in [6, 6.07) is 8.08. The van der Waals surface area contributed by atoms with Gasteiger partial charge in [-0.05, 0) is 50.5 Å². The zero-order valence-electron chi connectivity index (χ0n) is 20.0. The summed E-state index contributed by atoms with van der Waals surface area (Å²) in [7, 11) is 1.65. The lowest BCUT2D eigenvalue weighted by Gasteiger charge is -2.19. The number of benzene rings is 2. The minimum absolute atomic E-state index is 0.0794. The molecule has 2 aliphatic rings. The van der Waals surface area contributed by atoms with Crippen molar-refractivity contribution in [2.75, 3.05) is 25.1 Å². The van der Waals surface area contributed by atoms with Gasteiger partial charge in [0.05, 0.1) is 36.1 Å². The van der Waals surface area contributed by atoms with Crippen LogP contribution in [-0.4, -0.2) is 53.4 Å². The SMILES string of the molecule is COc1c(-c2cnc3cc(N4CCC(NC(=O)OC5CC5)C4)ccc3n2)cc2oc(C)nc2c1C. The van der Waals surface area contributed by atoms with E-state index in [4.69, 9.17) is 23.9 Å². The molecule has 4 aromatic rings. The molecule has 1 aliphatic carbocycles. The normalized spacial score (nSPS) is 17.8. The van der Waals surface area contributed by atoms with E-state index < -0.39 is 0 Å². The van der Waals surface area contributed by atoms with Crippen molar-refractivity contribution in [2.24, 2.45) is 0 Å². The van der Waals surface area contributed by atoms with Crippen LogP contribution in [0.3, 0.4) is 0 Å². The molecule has 6 rings (SSSR count). The first-order valence-corrected chi connectivity index (χ1v) is 11.9. The number of aryl methyl sites for hydroxylation is 2. The highest BCUT2D eigenvalue weighted by Gasteiger charge is 2.29. The Kier molecular flexibility index (Phi) is 5.20. The van der Waals surface area contributed by atoms with Crippen LogP contribution in [0.4, 0.5) is 10.5 Å². The number of amides is 1. The molecule has 1 aliphatic heterocycles. The summed E-state index contributed by atoms with van der Waals surface area (Å²) in [5.41, 5.74) is 6.59. The van der Waals surface area contributed by atoms with Gasteiger partial charge in [0.15, 0.2) is 11.5 Å². The summed E-state index contributed by atoms with van der Waals surface area (Å²) in [6.07, 6.45) is 4.41. The standard InChI is InChI=1S/C26H27N5O4/c1-14-24-23(34-15(2)28-24)11-19(25(14)33-3)22-12-27-21-10-17(4-7-20(21)30-22)31-9-8-16(13-31)29-26(32)35-18-5-6-18/h4,7,10-12,16,18H,5-6,8-9,13H2,1-3H3,(H,29,32). The second-order valence-corrected chi connectivity index (χ2v) is 9.27. The predicted octanol–water partition coefficient (Wildman–Crippen LogP) is 4.53. The maximum Gasteiger partial charge on any atom is 0.407 e. The van der Waals surface area contributed by atoms with E-state index in [2.05, 4.69) is 21.3 Å². The number of carbonyl (C=O) groups is 1. The molecule has 9 heteroatoms. The van der Waals surface area contributed by atoms with Crippen LogP contribution >= 0.6 is 0 Å². The van der Waals surface area contributed by atoms with Crippen molar-refractivity contribution in [3.63, 3.8) is 0 Å². The van der Waals surface area contributed by atoms with Gasteiger partial charge in [-0.1, -0.05) is 0 Å². The third-order valence-corrected chi connectivity index (χ3v) is 6.66. The highest BCUT2D eigenvalue weighted by Crippen LogP contribution is 2.38. The first kappa shape index (κ1) is 21.6. The Labute approximate surface area is 202 Å². The average molecular weight is 474 g/mol. The number of anilines is 1. The van der Waals surface area contributed by atoms with Crippen molar-refractivity contribution >= 4 is 33.9 Å². The van der Waals surface area contributed by atoms with Gasteiger partial charge in [-0.3, -0.25) is 4.98 Å². The van der Waals surface area contributed by atoms with Gasteiger partial charge in [-0.25, -0.2) is 14.8 Å². The quantitative estimate of drug-likeness (QED) is 0.451. The second kappa shape index (κ2) is 8.41. The maximum atomic E-state index is 12.0.